The molecule has 0 aliphatic heterocycles. The van der Waals surface area contributed by atoms with Crippen LogP contribution in [0.3, 0.4) is 0 Å². The van der Waals surface area contributed by atoms with Crippen LogP contribution >= 0.6 is 11.3 Å². The number of thiophene rings is 1. The molecule has 27 heavy (non-hydrogen) atoms. The molecule has 3 aromatic rings. The van der Waals surface area contributed by atoms with Crippen molar-refractivity contribution in [3.8, 4) is 10.4 Å². The number of hydrogen-bond donors (Lipinski definition) is 0. The highest BCUT2D eigenvalue weighted by atomic mass is 32.1. The Labute approximate surface area is 162 Å². The lowest BCUT2D eigenvalue weighted by molar-refractivity contribution is -0.131. The second-order valence-corrected chi connectivity index (χ2v) is 7.64. The van der Waals surface area contributed by atoms with E-state index in [9.17, 15) is 9.59 Å². The molecule has 0 radical (unpaired) electrons. The number of likely N-dealkylation sites (N-methyl/N-ethyl adjacent to an activating group) is 1. The predicted octanol–water partition coefficient (Wildman–Crippen LogP) is 3.86. The first kappa shape index (κ1) is 19.0. The highest BCUT2D eigenvalue weighted by Crippen LogP contribution is 2.35. The van der Waals surface area contributed by atoms with Gasteiger partial charge in [-0.1, -0.05) is 42.5 Å². The van der Waals surface area contributed by atoms with E-state index in [1.807, 2.05) is 51.1 Å². The second kappa shape index (κ2) is 7.88. The third-order valence-electron chi connectivity index (χ3n) is 4.45. The van der Waals surface area contributed by atoms with Gasteiger partial charge in [0.25, 0.3) is 5.56 Å². The number of carbonyl (C=O) groups is 1. The predicted molar refractivity (Wildman–Crippen MR) is 111 cm³/mol. The van der Waals surface area contributed by atoms with Crippen molar-refractivity contribution >= 4 is 27.5 Å². The maximum absolute atomic E-state index is 13.0. The molecular weight excluding hydrogens is 358 g/mol. The van der Waals surface area contributed by atoms with E-state index < -0.39 is 0 Å². The molecule has 0 atom stereocenters. The van der Waals surface area contributed by atoms with Crippen molar-refractivity contribution in [3.05, 3.63) is 64.7 Å². The van der Waals surface area contributed by atoms with E-state index in [1.165, 1.54) is 22.2 Å². The molecule has 0 saturated carbocycles. The van der Waals surface area contributed by atoms with Crippen LogP contribution in [0, 0.1) is 6.92 Å². The standard InChI is InChI=1S/C21H23N3O2S/c1-5-23(11-14(2)3)17(25)12-24-13-22-20-18(21(24)26)15(4)19(27-20)16-9-7-6-8-10-16/h6-10,13H,2,5,11-12H2,1,3-4H3. The lowest BCUT2D eigenvalue weighted by atomic mass is 10.1. The quantitative estimate of drug-likeness (QED) is 0.609. The van der Waals surface area contributed by atoms with Crippen LogP contribution < -0.4 is 5.56 Å². The van der Waals surface area contributed by atoms with E-state index in [0.717, 1.165) is 21.6 Å². The van der Waals surface area contributed by atoms with E-state index in [-0.39, 0.29) is 18.0 Å². The van der Waals surface area contributed by atoms with Gasteiger partial charge in [0.2, 0.25) is 5.91 Å². The molecule has 3 rings (SSSR count). The van der Waals surface area contributed by atoms with Gasteiger partial charge in [-0.25, -0.2) is 4.98 Å². The number of benzene rings is 1. The van der Waals surface area contributed by atoms with Gasteiger partial charge in [-0.05, 0) is 31.9 Å². The summed E-state index contributed by atoms with van der Waals surface area (Å²) in [5.74, 6) is -0.111. The summed E-state index contributed by atoms with van der Waals surface area (Å²) in [6.07, 6.45) is 1.47. The van der Waals surface area contributed by atoms with Gasteiger partial charge >= 0.3 is 0 Å². The largest absolute Gasteiger partial charge is 0.337 e. The van der Waals surface area contributed by atoms with Gasteiger partial charge in [0, 0.05) is 18.0 Å². The normalized spacial score (nSPS) is 10.9. The van der Waals surface area contributed by atoms with Crippen LogP contribution in [0.2, 0.25) is 0 Å². The summed E-state index contributed by atoms with van der Waals surface area (Å²) in [7, 11) is 0. The summed E-state index contributed by atoms with van der Waals surface area (Å²) in [5, 5.41) is 0.595. The van der Waals surface area contributed by atoms with Crippen molar-refractivity contribution in [2.75, 3.05) is 13.1 Å². The van der Waals surface area contributed by atoms with Crippen LogP contribution in [0.1, 0.15) is 19.4 Å². The fourth-order valence-electron chi connectivity index (χ4n) is 3.08. The average molecular weight is 382 g/mol. The third-order valence-corrected chi connectivity index (χ3v) is 5.70. The van der Waals surface area contributed by atoms with Crippen molar-refractivity contribution in [2.45, 2.75) is 27.3 Å². The smallest absolute Gasteiger partial charge is 0.262 e. The van der Waals surface area contributed by atoms with E-state index in [2.05, 4.69) is 11.6 Å². The minimum Gasteiger partial charge on any atom is -0.337 e. The Balaban J connectivity index is 1.98. The van der Waals surface area contributed by atoms with Gasteiger partial charge in [-0.2, -0.15) is 0 Å². The highest BCUT2D eigenvalue weighted by Gasteiger charge is 2.18. The van der Waals surface area contributed by atoms with Crippen LogP contribution in [-0.4, -0.2) is 33.4 Å². The number of carbonyl (C=O) groups excluding carboxylic acids is 1. The molecule has 2 heterocycles. The fourth-order valence-corrected chi connectivity index (χ4v) is 4.23. The van der Waals surface area contributed by atoms with E-state index >= 15 is 0 Å². The van der Waals surface area contributed by atoms with E-state index in [1.54, 1.807) is 4.90 Å². The van der Waals surface area contributed by atoms with Crippen molar-refractivity contribution in [3.63, 3.8) is 0 Å². The number of amides is 1. The topological polar surface area (TPSA) is 55.2 Å². The Morgan fingerprint density at radius 2 is 2.00 bits per heavy atom. The number of aryl methyl sites for hydroxylation is 1. The van der Waals surface area contributed by atoms with Crippen LogP contribution in [0.5, 0.6) is 0 Å². The summed E-state index contributed by atoms with van der Waals surface area (Å²) >= 11 is 1.51. The maximum Gasteiger partial charge on any atom is 0.262 e. The summed E-state index contributed by atoms with van der Waals surface area (Å²) in [4.78, 5) is 33.5. The molecule has 1 amide bonds. The Kier molecular flexibility index (Phi) is 5.56. The molecule has 2 aromatic heterocycles. The molecule has 0 spiro atoms. The average Bonchev–Trinajstić information content (AvgIpc) is 2.99. The van der Waals surface area contributed by atoms with Crippen LogP contribution in [0.4, 0.5) is 0 Å². The molecule has 140 valence electrons. The lowest BCUT2D eigenvalue weighted by Crippen LogP contribution is -2.37. The molecule has 0 bridgehead atoms. The van der Waals surface area contributed by atoms with Gasteiger partial charge in [0.1, 0.15) is 11.4 Å². The molecule has 1 aromatic carbocycles. The fraction of sp³-hybridized carbons (Fsp3) is 0.286. The first-order chi connectivity index (χ1) is 12.9. The summed E-state index contributed by atoms with van der Waals surface area (Å²) in [5.41, 5.74) is 2.72. The lowest BCUT2D eigenvalue weighted by Gasteiger charge is -2.21. The third kappa shape index (κ3) is 3.85. The van der Waals surface area contributed by atoms with Gasteiger partial charge in [0.05, 0.1) is 11.7 Å². The number of rotatable bonds is 6. The maximum atomic E-state index is 13.0. The van der Waals surface area contributed by atoms with Crippen molar-refractivity contribution in [1.29, 1.82) is 0 Å². The second-order valence-electron chi connectivity index (χ2n) is 6.65. The van der Waals surface area contributed by atoms with Crippen molar-refractivity contribution in [2.24, 2.45) is 0 Å². The molecule has 0 N–H and O–H groups in total. The zero-order valence-electron chi connectivity index (χ0n) is 15.9. The molecule has 0 aliphatic carbocycles. The van der Waals surface area contributed by atoms with Gasteiger partial charge < -0.3 is 4.90 Å². The highest BCUT2D eigenvalue weighted by molar-refractivity contribution is 7.22. The molecule has 0 fully saturated rings. The van der Waals surface area contributed by atoms with E-state index in [0.29, 0.717) is 23.3 Å². The Hall–Kier alpha value is -2.73. The Morgan fingerprint density at radius 1 is 1.30 bits per heavy atom. The van der Waals surface area contributed by atoms with Crippen LogP contribution in [-0.2, 0) is 11.3 Å². The van der Waals surface area contributed by atoms with Gasteiger partial charge in [0.15, 0.2) is 0 Å². The van der Waals surface area contributed by atoms with Crippen molar-refractivity contribution in [1.82, 2.24) is 14.5 Å². The summed E-state index contributed by atoms with van der Waals surface area (Å²) < 4.78 is 1.40. The van der Waals surface area contributed by atoms with Crippen molar-refractivity contribution < 1.29 is 4.79 Å². The number of aromatic nitrogens is 2. The number of hydrogen-bond acceptors (Lipinski definition) is 4. The Morgan fingerprint density at radius 3 is 2.63 bits per heavy atom. The van der Waals surface area contributed by atoms with Gasteiger partial charge in [-0.3, -0.25) is 14.2 Å². The summed E-state index contributed by atoms with van der Waals surface area (Å²) in [6.45, 7) is 10.7. The first-order valence-corrected chi connectivity index (χ1v) is 9.70. The minimum atomic E-state index is -0.171. The molecule has 5 nitrogen and oxygen atoms in total. The zero-order chi connectivity index (χ0) is 19.6. The summed E-state index contributed by atoms with van der Waals surface area (Å²) in [6, 6.07) is 9.97. The monoisotopic (exact) mass is 381 g/mol. The molecule has 0 unspecified atom stereocenters. The van der Waals surface area contributed by atoms with Crippen LogP contribution in [0.15, 0.2) is 53.6 Å². The Bertz CT molecular complexity index is 1050. The molecule has 0 saturated heterocycles. The minimum absolute atomic E-state index is 0.0150. The first-order valence-electron chi connectivity index (χ1n) is 8.88. The molecule has 0 aliphatic rings. The SMILES string of the molecule is C=C(C)CN(CC)C(=O)Cn1cnc2sc(-c3ccccc3)c(C)c2c1=O. The zero-order valence-corrected chi connectivity index (χ0v) is 16.7. The number of nitrogens with zero attached hydrogens (tertiary/aromatic N) is 3. The number of fused-ring (bicyclic) bond motifs is 1. The van der Waals surface area contributed by atoms with E-state index in [4.69, 9.17) is 0 Å². The van der Waals surface area contributed by atoms with Crippen LogP contribution in [0.25, 0.3) is 20.7 Å². The molecule has 6 heteroatoms. The van der Waals surface area contributed by atoms with Gasteiger partial charge in [-0.15, -0.1) is 11.3 Å². The molecular formula is C21H23N3O2S.